The van der Waals surface area contributed by atoms with Crippen LogP contribution >= 0.6 is 0 Å². The van der Waals surface area contributed by atoms with E-state index in [2.05, 4.69) is 9.97 Å². The van der Waals surface area contributed by atoms with E-state index in [1.165, 1.54) is 24.9 Å². The van der Waals surface area contributed by atoms with Gasteiger partial charge >= 0.3 is 0 Å². The molecule has 0 saturated heterocycles. The van der Waals surface area contributed by atoms with Gasteiger partial charge in [0.15, 0.2) is 12.0 Å². The SMILES string of the molecule is Nc1ncncc1C(=O)c1cc(C=O)co1. The molecule has 0 aliphatic heterocycles. The van der Waals surface area contributed by atoms with Gasteiger partial charge in [0.25, 0.3) is 0 Å². The van der Waals surface area contributed by atoms with Crippen molar-refractivity contribution in [1.82, 2.24) is 9.97 Å². The molecule has 2 aromatic rings. The third-order valence-electron chi connectivity index (χ3n) is 1.97. The van der Waals surface area contributed by atoms with Crippen molar-refractivity contribution in [1.29, 1.82) is 0 Å². The Bertz CT molecular complexity index is 548. The van der Waals surface area contributed by atoms with Gasteiger partial charge in [0, 0.05) is 6.20 Å². The molecule has 16 heavy (non-hydrogen) atoms. The molecule has 0 bridgehead atoms. The molecule has 80 valence electrons. The molecule has 2 rings (SSSR count). The Morgan fingerprint density at radius 1 is 1.50 bits per heavy atom. The van der Waals surface area contributed by atoms with Crippen LogP contribution in [0.2, 0.25) is 0 Å². The van der Waals surface area contributed by atoms with Gasteiger partial charge in [-0.2, -0.15) is 0 Å². The smallest absolute Gasteiger partial charge is 0.233 e. The fourth-order valence-corrected chi connectivity index (χ4v) is 1.18. The zero-order valence-corrected chi connectivity index (χ0v) is 8.08. The van der Waals surface area contributed by atoms with Crippen LogP contribution in [0.1, 0.15) is 26.5 Å². The third-order valence-corrected chi connectivity index (χ3v) is 1.97. The molecular weight excluding hydrogens is 210 g/mol. The van der Waals surface area contributed by atoms with Gasteiger partial charge in [0.1, 0.15) is 18.4 Å². The topological polar surface area (TPSA) is 99.1 Å². The number of nitrogens with two attached hydrogens (primary N) is 1. The zero-order chi connectivity index (χ0) is 11.5. The van der Waals surface area contributed by atoms with Gasteiger partial charge in [-0.05, 0) is 6.07 Å². The lowest BCUT2D eigenvalue weighted by molar-refractivity contribution is 0.101. The number of anilines is 1. The Labute approximate surface area is 90.1 Å². The molecule has 0 unspecified atom stereocenters. The predicted octanol–water partition coefficient (Wildman–Crippen LogP) is 0.695. The van der Waals surface area contributed by atoms with Gasteiger partial charge in [-0.25, -0.2) is 9.97 Å². The second-order valence-electron chi connectivity index (χ2n) is 3.01. The Morgan fingerprint density at radius 2 is 2.31 bits per heavy atom. The summed E-state index contributed by atoms with van der Waals surface area (Å²) >= 11 is 0. The largest absolute Gasteiger partial charge is 0.460 e. The second-order valence-corrected chi connectivity index (χ2v) is 3.01. The highest BCUT2D eigenvalue weighted by Gasteiger charge is 2.17. The van der Waals surface area contributed by atoms with Crippen molar-refractivity contribution < 1.29 is 14.0 Å². The second kappa shape index (κ2) is 3.93. The number of hydrogen-bond acceptors (Lipinski definition) is 6. The summed E-state index contributed by atoms with van der Waals surface area (Å²) in [7, 11) is 0. The van der Waals surface area contributed by atoms with Gasteiger partial charge in [0.05, 0.1) is 11.1 Å². The number of carbonyl (C=O) groups is 2. The quantitative estimate of drug-likeness (QED) is 0.600. The molecule has 6 nitrogen and oxygen atoms in total. The van der Waals surface area contributed by atoms with Crippen LogP contribution in [-0.4, -0.2) is 22.0 Å². The monoisotopic (exact) mass is 217 g/mol. The Balaban J connectivity index is 2.39. The summed E-state index contributed by atoms with van der Waals surface area (Å²) in [6.07, 6.45) is 4.32. The molecule has 2 N–H and O–H groups in total. The number of hydrogen-bond donors (Lipinski definition) is 1. The van der Waals surface area contributed by atoms with E-state index in [9.17, 15) is 9.59 Å². The summed E-state index contributed by atoms with van der Waals surface area (Å²) in [5.74, 6) is -0.348. The van der Waals surface area contributed by atoms with Gasteiger partial charge in [-0.1, -0.05) is 0 Å². The molecule has 2 heterocycles. The number of aromatic nitrogens is 2. The first-order chi connectivity index (χ1) is 7.72. The van der Waals surface area contributed by atoms with Crippen LogP contribution < -0.4 is 5.73 Å². The van der Waals surface area contributed by atoms with Crippen LogP contribution in [0.25, 0.3) is 0 Å². The van der Waals surface area contributed by atoms with E-state index in [4.69, 9.17) is 10.2 Å². The normalized spacial score (nSPS) is 10.0. The maximum absolute atomic E-state index is 11.8. The minimum atomic E-state index is -0.453. The molecule has 0 amide bonds. The average molecular weight is 217 g/mol. The Hall–Kier alpha value is -2.50. The number of carbonyl (C=O) groups excluding carboxylic acids is 2. The standard InChI is InChI=1S/C10H7N3O3/c11-10-7(2-12-5-13-10)9(15)8-1-6(3-14)4-16-8/h1-5H,(H2,11,12,13). The van der Waals surface area contributed by atoms with Crippen molar-refractivity contribution >= 4 is 17.9 Å². The van der Waals surface area contributed by atoms with Crippen LogP contribution in [0.15, 0.2) is 29.3 Å². The lowest BCUT2D eigenvalue weighted by Gasteiger charge is -1.99. The summed E-state index contributed by atoms with van der Waals surface area (Å²) in [4.78, 5) is 29.6. The van der Waals surface area contributed by atoms with E-state index in [-0.39, 0.29) is 17.1 Å². The van der Waals surface area contributed by atoms with E-state index < -0.39 is 5.78 Å². The summed E-state index contributed by atoms with van der Waals surface area (Å²) in [6, 6.07) is 1.34. The summed E-state index contributed by atoms with van der Waals surface area (Å²) in [5.41, 5.74) is 5.95. The highest BCUT2D eigenvalue weighted by atomic mass is 16.3. The highest BCUT2D eigenvalue weighted by Crippen LogP contribution is 2.14. The maximum Gasteiger partial charge on any atom is 0.233 e. The fourth-order valence-electron chi connectivity index (χ4n) is 1.18. The van der Waals surface area contributed by atoms with Crippen LogP contribution in [-0.2, 0) is 0 Å². The number of nitrogen functional groups attached to an aromatic ring is 1. The van der Waals surface area contributed by atoms with Gasteiger partial charge in [-0.15, -0.1) is 0 Å². The number of aldehydes is 1. The van der Waals surface area contributed by atoms with Gasteiger partial charge in [-0.3, -0.25) is 9.59 Å². The van der Waals surface area contributed by atoms with E-state index in [1.807, 2.05) is 0 Å². The molecule has 6 heteroatoms. The molecule has 0 aliphatic carbocycles. The number of rotatable bonds is 3. The van der Waals surface area contributed by atoms with Crippen molar-refractivity contribution in [2.45, 2.75) is 0 Å². The van der Waals surface area contributed by atoms with Crippen LogP contribution in [0.3, 0.4) is 0 Å². The predicted molar refractivity (Wildman–Crippen MR) is 54.0 cm³/mol. The molecular formula is C10H7N3O3. The fraction of sp³-hybridized carbons (Fsp3) is 0. The highest BCUT2D eigenvalue weighted by molar-refractivity contribution is 6.10. The van der Waals surface area contributed by atoms with Crippen LogP contribution in [0.4, 0.5) is 5.82 Å². The molecule has 0 aliphatic rings. The Morgan fingerprint density at radius 3 is 2.94 bits per heavy atom. The van der Waals surface area contributed by atoms with E-state index in [0.717, 1.165) is 0 Å². The number of nitrogens with zero attached hydrogens (tertiary/aromatic N) is 2. The number of furan rings is 1. The number of ketones is 1. The van der Waals surface area contributed by atoms with E-state index >= 15 is 0 Å². The first-order valence-electron chi connectivity index (χ1n) is 4.36. The molecule has 0 atom stereocenters. The Kier molecular flexibility index (Phi) is 2.47. The molecule has 0 fully saturated rings. The molecule has 0 aromatic carbocycles. The molecule has 0 spiro atoms. The van der Waals surface area contributed by atoms with Crippen molar-refractivity contribution in [3.8, 4) is 0 Å². The van der Waals surface area contributed by atoms with Crippen molar-refractivity contribution in [2.75, 3.05) is 5.73 Å². The van der Waals surface area contributed by atoms with Crippen molar-refractivity contribution in [3.63, 3.8) is 0 Å². The molecule has 0 saturated carbocycles. The van der Waals surface area contributed by atoms with Crippen LogP contribution in [0.5, 0.6) is 0 Å². The lowest BCUT2D eigenvalue weighted by atomic mass is 10.1. The van der Waals surface area contributed by atoms with E-state index in [0.29, 0.717) is 11.8 Å². The lowest BCUT2D eigenvalue weighted by Crippen LogP contribution is -2.06. The van der Waals surface area contributed by atoms with Gasteiger partial charge < -0.3 is 10.2 Å². The average Bonchev–Trinajstić information content (AvgIpc) is 2.77. The van der Waals surface area contributed by atoms with E-state index in [1.54, 1.807) is 0 Å². The van der Waals surface area contributed by atoms with Crippen molar-refractivity contribution in [3.05, 3.63) is 41.7 Å². The maximum atomic E-state index is 11.8. The molecule has 2 aromatic heterocycles. The minimum Gasteiger partial charge on any atom is -0.460 e. The van der Waals surface area contributed by atoms with Crippen LogP contribution in [0, 0.1) is 0 Å². The first kappa shape index (κ1) is 10.0. The summed E-state index contributed by atoms with van der Waals surface area (Å²) in [5, 5.41) is 0. The van der Waals surface area contributed by atoms with Crippen molar-refractivity contribution in [2.24, 2.45) is 0 Å². The molecule has 0 radical (unpaired) electrons. The first-order valence-corrected chi connectivity index (χ1v) is 4.36. The summed E-state index contributed by atoms with van der Waals surface area (Å²) in [6.45, 7) is 0. The zero-order valence-electron chi connectivity index (χ0n) is 8.08. The minimum absolute atomic E-state index is 0.0311. The summed E-state index contributed by atoms with van der Waals surface area (Å²) < 4.78 is 4.93. The van der Waals surface area contributed by atoms with Gasteiger partial charge in [0.2, 0.25) is 5.78 Å². The third kappa shape index (κ3) is 1.68.